The first kappa shape index (κ1) is 15.4. The van der Waals surface area contributed by atoms with Crippen molar-refractivity contribution in [2.24, 2.45) is 0 Å². The Morgan fingerprint density at radius 3 is 2.73 bits per heavy atom. The summed E-state index contributed by atoms with van der Waals surface area (Å²) in [6.07, 6.45) is 5.13. The van der Waals surface area contributed by atoms with Crippen LogP contribution in [0.2, 0.25) is 0 Å². The molecule has 1 atom stereocenters. The second-order valence-electron chi connectivity index (χ2n) is 6.61. The van der Waals surface area contributed by atoms with Crippen molar-refractivity contribution in [1.29, 1.82) is 0 Å². The molecule has 1 aromatic heterocycles. The standard InChI is InChI=1S/C17H26N4O/c1-17(7-3-5-9-19-17)16(22)21-12-10-20(11-13-21)14-15-6-2-4-8-18-15/h2,4,6,8,19H,3,5,7,9-14H2,1H3. The van der Waals surface area contributed by atoms with E-state index < -0.39 is 0 Å². The summed E-state index contributed by atoms with van der Waals surface area (Å²) in [6, 6.07) is 6.03. The number of piperidine rings is 1. The SMILES string of the molecule is CC1(C(=O)N2CCN(Cc3ccccn3)CC2)CCCCN1. The van der Waals surface area contributed by atoms with Crippen LogP contribution in [0, 0.1) is 0 Å². The molecule has 2 aliphatic heterocycles. The van der Waals surface area contributed by atoms with E-state index in [1.54, 1.807) is 0 Å². The van der Waals surface area contributed by atoms with Crippen LogP contribution in [0.25, 0.3) is 0 Å². The molecule has 0 radical (unpaired) electrons. The summed E-state index contributed by atoms with van der Waals surface area (Å²) >= 11 is 0. The van der Waals surface area contributed by atoms with Crippen molar-refractivity contribution < 1.29 is 4.79 Å². The maximum Gasteiger partial charge on any atom is 0.242 e. The molecule has 1 N–H and O–H groups in total. The van der Waals surface area contributed by atoms with Gasteiger partial charge in [0.25, 0.3) is 0 Å². The molecule has 1 aromatic rings. The van der Waals surface area contributed by atoms with Crippen LogP contribution in [-0.4, -0.2) is 59.0 Å². The Morgan fingerprint density at radius 1 is 1.27 bits per heavy atom. The second-order valence-corrected chi connectivity index (χ2v) is 6.61. The average molecular weight is 302 g/mol. The highest BCUT2D eigenvalue weighted by Gasteiger charge is 2.38. The van der Waals surface area contributed by atoms with Crippen LogP contribution in [0.4, 0.5) is 0 Å². The van der Waals surface area contributed by atoms with Crippen molar-refractivity contribution in [1.82, 2.24) is 20.1 Å². The molecule has 120 valence electrons. The number of pyridine rings is 1. The molecule has 1 unspecified atom stereocenters. The van der Waals surface area contributed by atoms with Crippen LogP contribution in [-0.2, 0) is 11.3 Å². The van der Waals surface area contributed by atoms with E-state index in [0.29, 0.717) is 0 Å². The van der Waals surface area contributed by atoms with Gasteiger partial charge in [0.15, 0.2) is 0 Å². The number of carbonyl (C=O) groups excluding carboxylic acids is 1. The van der Waals surface area contributed by atoms with Crippen molar-refractivity contribution in [3.63, 3.8) is 0 Å². The first-order chi connectivity index (χ1) is 10.7. The van der Waals surface area contributed by atoms with E-state index in [2.05, 4.69) is 28.2 Å². The van der Waals surface area contributed by atoms with Gasteiger partial charge in [-0.3, -0.25) is 14.7 Å². The quantitative estimate of drug-likeness (QED) is 0.913. The molecule has 2 saturated heterocycles. The number of piperazine rings is 1. The number of amides is 1. The molecule has 3 heterocycles. The number of nitrogens with one attached hydrogen (secondary N) is 1. The van der Waals surface area contributed by atoms with Crippen molar-refractivity contribution in [2.45, 2.75) is 38.3 Å². The first-order valence-corrected chi connectivity index (χ1v) is 8.34. The monoisotopic (exact) mass is 302 g/mol. The predicted octanol–water partition coefficient (Wildman–Crippen LogP) is 1.26. The van der Waals surface area contributed by atoms with Crippen molar-refractivity contribution in [2.75, 3.05) is 32.7 Å². The van der Waals surface area contributed by atoms with Crippen LogP contribution in [0.15, 0.2) is 24.4 Å². The Balaban J connectivity index is 1.52. The van der Waals surface area contributed by atoms with Gasteiger partial charge in [-0.1, -0.05) is 6.07 Å². The Bertz CT molecular complexity index is 491. The minimum Gasteiger partial charge on any atom is -0.339 e. The van der Waals surface area contributed by atoms with Gasteiger partial charge in [-0.2, -0.15) is 0 Å². The van der Waals surface area contributed by atoms with Crippen LogP contribution in [0.1, 0.15) is 31.9 Å². The molecule has 0 aliphatic carbocycles. The summed E-state index contributed by atoms with van der Waals surface area (Å²) in [5.41, 5.74) is 0.754. The zero-order valence-corrected chi connectivity index (χ0v) is 13.4. The molecule has 0 aromatic carbocycles. The third kappa shape index (κ3) is 3.47. The van der Waals surface area contributed by atoms with Gasteiger partial charge >= 0.3 is 0 Å². The van der Waals surface area contributed by atoms with Crippen LogP contribution >= 0.6 is 0 Å². The summed E-state index contributed by atoms with van der Waals surface area (Å²) in [5.74, 6) is 0.282. The third-order valence-electron chi connectivity index (χ3n) is 4.86. The Kier molecular flexibility index (Phi) is 4.74. The van der Waals surface area contributed by atoms with Gasteiger partial charge in [-0.05, 0) is 44.9 Å². The van der Waals surface area contributed by atoms with Crippen molar-refractivity contribution in [3.05, 3.63) is 30.1 Å². The van der Waals surface area contributed by atoms with Gasteiger partial charge in [0.1, 0.15) is 0 Å². The number of carbonyl (C=O) groups is 1. The second kappa shape index (κ2) is 6.75. The van der Waals surface area contributed by atoms with Gasteiger partial charge in [0.05, 0.1) is 11.2 Å². The number of hydrogen-bond acceptors (Lipinski definition) is 4. The predicted molar refractivity (Wildman–Crippen MR) is 86.4 cm³/mol. The minimum absolute atomic E-state index is 0.282. The molecular formula is C17H26N4O. The maximum absolute atomic E-state index is 12.8. The molecule has 5 heteroatoms. The normalized spacial score (nSPS) is 26.9. The molecule has 2 fully saturated rings. The van der Waals surface area contributed by atoms with Crippen LogP contribution in [0.5, 0.6) is 0 Å². The summed E-state index contributed by atoms with van der Waals surface area (Å²) in [7, 11) is 0. The fraction of sp³-hybridized carbons (Fsp3) is 0.647. The van der Waals surface area contributed by atoms with Crippen molar-refractivity contribution in [3.8, 4) is 0 Å². The lowest BCUT2D eigenvalue weighted by molar-refractivity contribution is -0.140. The van der Waals surface area contributed by atoms with Gasteiger partial charge < -0.3 is 10.2 Å². The number of nitrogens with zero attached hydrogens (tertiary/aromatic N) is 3. The van der Waals surface area contributed by atoms with Crippen molar-refractivity contribution >= 4 is 5.91 Å². The highest BCUT2D eigenvalue weighted by Crippen LogP contribution is 2.22. The molecule has 1 amide bonds. The lowest BCUT2D eigenvalue weighted by Gasteiger charge is -2.41. The lowest BCUT2D eigenvalue weighted by Crippen LogP contribution is -2.61. The minimum atomic E-state index is -0.346. The van der Waals surface area contributed by atoms with E-state index in [-0.39, 0.29) is 11.4 Å². The number of rotatable bonds is 3. The smallest absolute Gasteiger partial charge is 0.242 e. The zero-order valence-electron chi connectivity index (χ0n) is 13.4. The van der Waals surface area contributed by atoms with E-state index in [4.69, 9.17) is 0 Å². The Labute approximate surface area is 132 Å². The molecule has 0 bridgehead atoms. The first-order valence-electron chi connectivity index (χ1n) is 8.34. The van der Waals surface area contributed by atoms with Gasteiger partial charge in [-0.15, -0.1) is 0 Å². The topological polar surface area (TPSA) is 48.5 Å². The highest BCUT2D eigenvalue weighted by atomic mass is 16.2. The van der Waals surface area contributed by atoms with Crippen LogP contribution < -0.4 is 5.32 Å². The maximum atomic E-state index is 12.8. The number of hydrogen-bond donors (Lipinski definition) is 1. The summed E-state index contributed by atoms with van der Waals surface area (Å²) < 4.78 is 0. The van der Waals surface area contributed by atoms with E-state index in [1.807, 2.05) is 23.2 Å². The van der Waals surface area contributed by atoms with Crippen LogP contribution in [0.3, 0.4) is 0 Å². The summed E-state index contributed by atoms with van der Waals surface area (Å²) in [4.78, 5) is 21.6. The number of aromatic nitrogens is 1. The molecule has 3 rings (SSSR count). The van der Waals surface area contributed by atoms with Gasteiger partial charge in [-0.25, -0.2) is 0 Å². The van der Waals surface area contributed by atoms with Gasteiger partial charge in [0, 0.05) is 38.9 Å². The van der Waals surface area contributed by atoms with E-state index in [1.165, 1.54) is 6.42 Å². The molecule has 22 heavy (non-hydrogen) atoms. The fourth-order valence-electron chi connectivity index (χ4n) is 3.42. The zero-order chi connectivity index (χ0) is 15.4. The van der Waals surface area contributed by atoms with E-state index in [9.17, 15) is 4.79 Å². The molecule has 2 aliphatic rings. The molecule has 0 spiro atoms. The Hall–Kier alpha value is -1.46. The van der Waals surface area contributed by atoms with E-state index >= 15 is 0 Å². The third-order valence-corrected chi connectivity index (χ3v) is 4.86. The van der Waals surface area contributed by atoms with Gasteiger partial charge in [0.2, 0.25) is 5.91 Å². The highest BCUT2D eigenvalue weighted by molar-refractivity contribution is 5.86. The lowest BCUT2D eigenvalue weighted by atomic mass is 9.89. The Morgan fingerprint density at radius 2 is 2.09 bits per heavy atom. The largest absolute Gasteiger partial charge is 0.339 e. The molecule has 0 saturated carbocycles. The van der Waals surface area contributed by atoms with E-state index in [0.717, 1.165) is 57.8 Å². The molecular weight excluding hydrogens is 276 g/mol. The molecule has 5 nitrogen and oxygen atoms in total. The average Bonchev–Trinajstić information content (AvgIpc) is 2.56. The summed E-state index contributed by atoms with van der Waals surface area (Å²) in [5, 5.41) is 3.43. The summed E-state index contributed by atoms with van der Waals surface area (Å²) in [6.45, 7) is 7.40. The fourth-order valence-corrected chi connectivity index (χ4v) is 3.42.